The number of ether oxygens (including phenoxy) is 1. The van der Waals surface area contributed by atoms with Gasteiger partial charge in [-0.25, -0.2) is 9.97 Å². The Morgan fingerprint density at radius 1 is 1.12 bits per heavy atom. The van der Waals surface area contributed by atoms with Crippen molar-refractivity contribution in [1.29, 1.82) is 0 Å². The fourth-order valence-corrected chi connectivity index (χ4v) is 4.96. The van der Waals surface area contributed by atoms with Crippen molar-refractivity contribution in [2.75, 3.05) is 11.9 Å². The number of anilines is 1. The third-order valence-electron chi connectivity index (χ3n) is 4.98. The van der Waals surface area contributed by atoms with Crippen LogP contribution in [0.5, 0.6) is 0 Å². The summed E-state index contributed by atoms with van der Waals surface area (Å²) in [5.74, 6) is -0.776. The number of carbonyl (C=O) groups excluding carboxylic acids is 2. The average molecular weight is 483 g/mol. The van der Waals surface area contributed by atoms with Crippen LogP contribution in [0, 0.1) is 0 Å². The second-order valence-electron chi connectivity index (χ2n) is 7.23. The molecule has 4 rings (SSSR count). The van der Waals surface area contributed by atoms with Crippen molar-refractivity contribution >= 4 is 49.9 Å². The van der Waals surface area contributed by atoms with Gasteiger partial charge in [-0.05, 0) is 24.5 Å². The molecule has 1 aromatic carbocycles. The smallest absolute Gasteiger partial charge is 0.311 e. The van der Waals surface area contributed by atoms with E-state index in [1.165, 1.54) is 39.1 Å². The molecule has 0 atom stereocenters. The minimum absolute atomic E-state index is 0.0421. The molecule has 0 aliphatic heterocycles. The predicted molar refractivity (Wildman–Crippen MR) is 130 cm³/mol. The molecule has 1 amide bonds. The van der Waals surface area contributed by atoms with Gasteiger partial charge in [0.15, 0.2) is 5.13 Å². The number of fused-ring (bicyclic) bond motifs is 1. The maximum absolute atomic E-state index is 13.2. The molecule has 3 heterocycles. The largest absolute Gasteiger partial charge is 0.466 e. The number of nitrogens with one attached hydrogen (secondary N) is 1. The highest BCUT2D eigenvalue weighted by molar-refractivity contribution is 7.17. The van der Waals surface area contributed by atoms with Crippen LogP contribution < -0.4 is 10.9 Å². The lowest BCUT2D eigenvalue weighted by atomic mass is 10.0. The van der Waals surface area contributed by atoms with Gasteiger partial charge < -0.3 is 10.1 Å². The maximum Gasteiger partial charge on any atom is 0.311 e. The van der Waals surface area contributed by atoms with E-state index in [-0.39, 0.29) is 24.5 Å². The average Bonchev–Trinajstić information content (AvgIpc) is 3.43. The zero-order chi connectivity index (χ0) is 23.4. The number of esters is 1. The Morgan fingerprint density at radius 3 is 2.64 bits per heavy atom. The summed E-state index contributed by atoms with van der Waals surface area (Å²) < 4.78 is 6.20. The number of aryl methyl sites for hydroxylation is 1. The normalized spacial score (nSPS) is 11.0. The van der Waals surface area contributed by atoms with E-state index in [9.17, 15) is 14.4 Å². The summed E-state index contributed by atoms with van der Waals surface area (Å²) in [5.41, 5.74) is 3.22. The SMILES string of the molecule is CCOC(=O)Cc1csc(NC(=O)Cn2cnc3scc(-c4ccc(CC)cc4)c3c2=O)n1. The van der Waals surface area contributed by atoms with Crippen molar-refractivity contribution in [3.63, 3.8) is 0 Å². The first-order valence-corrected chi connectivity index (χ1v) is 12.2. The van der Waals surface area contributed by atoms with E-state index in [1.54, 1.807) is 12.3 Å². The van der Waals surface area contributed by atoms with Gasteiger partial charge in [-0.3, -0.25) is 19.0 Å². The number of amides is 1. The Balaban J connectivity index is 1.51. The summed E-state index contributed by atoms with van der Waals surface area (Å²) in [7, 11) is 0. The van der Waals surface area contributed by atoms with Crippen molar-refractivity contribution < 1.29 is 14.3 Å². The molecule has 0 aliphatic carbocycles. The first-order chi connectivity index (χ1) is 16.0. The summed E-state index contributed by atoms with van der Waals surface area (Å²) in [6.07, 6.45) is 2.37. The Morgan fingerprint density at radius 2 is 1.91 bits per heavy atom. The molecule has 0 spiro atoms. The minimum Gasteiger partial charge on any atom is -0.466 e. The van der Waals surface area contributed by atoms with Crippen LogP contribution in [0.25, 0.3) is 21.3 Å². The predicted octanol–water partition coefficient (Wildman–Crippen LogP) is 3.89. The molecular weight excluding hydrogens is 460 g/mol. The van der Waals surface area contributed by atoms with E-state index >= 15 is 0 Å². The molecule has 10 heteroatoms. The van der Waals surface area contributed by atoms with Crippen LogP contribution in [0.3, 0.4) is 0 Å². The number of carbonyl (C=O) groups is 2. The number of thiophene rings is 1. The second kappa shape index (κ2) is 10.1. The molecule has 0 saturated carbocycles. The Hall–Kier alpha value is -3.37. The van der Waals surface area contributed by atoms with Gasteiger partial charge in [-0.15, -0.1) is 22.7 Å². The fraction of sp³-hybridized carbons (Fsp3) is 0.261. The lowest BCUT2D eigenvalue weighted by molar-refractivity contribution is -0.142. The summed E-state index contributed by atoms with van der Waals surface area (Å²) in [4.78, 5) is 46.5. The van der Waals surface area contributed by atoms with Gasteiger partial charge in [0.05, 0.1) is 30.4 Å². The van der Waals surface area contributed by atoms with Crippen molar-refractivity contribution in [2.24, 2.45) is 0 Å². The highest BCUT2D eigenvalue weighted by atomic mass is 32.1. The molecule has 33 heavy (non-hydrogen) atoms. The van der Waals surface area contributed by atoms with Gasteiger partial charge in [0, 0.05) is 16.3 Å². The van der Waals surface area contributed by atoms with Gasteiger partial charge in [0.2, 0.25) is 5.91 Å². The molecule has 0 saturated heterocycles. The summed E-state index contributed by atoms with van der Waals surface area (Å²) in [5, 5.41) is 7.15. The molecule has 3 aromatic heterocycles. The first kappa shape index (κ1) is 22.8. The molecular formula is C23H22N4O4S2. The molecule has 8 nitrogen and oxygen atoms in total. The number of aromatic nitrogens is 3. The Kier molecular flexibility index (Phi) is 6.95. The molecule has 0 aliphatic rings. The monoisotopic (exact) mass is 482 g/mol. The van der Waals surface area contributed by atoms with E-state index in [2.05, 4.69) is 22.2 Å². The molecule has 0 fully saturated rings. The number of thiazole rings is 1. The molecule has 170 valence electrons. The van der Waals surface area contributed by atoms with Crippen LogP contribution in [0.2, 0.25) is 0 Å². The lowest BCUT2D eigenvalue weighted by Crippen LogP contribution is -2.27. The lowest BCUT2D eigenvalue weighted by Gasteiger charge is -2.06. The van der Waals surface area contributed by atoms with Crippen molar-refractivity contribution in [3.8, 4) is 11.1 Å². The summed E-state index contributed by atoms with van der Waals surface area (Å²) >= 11 is 2.61. The van der Waals surface area contributed by atoms with Gasteiger partial charge in [-0.1, -0.05) is 31.2 Å². The van der Waals surface area contributed by atoms with Crippen LogP contribution in [-0.2, 0) is 33.7 Å². The van der Waals surface area contributed by atoms with Gasteiger partial charge in [0.1, 0.15) is 11.4 Å². The third-order valence-corrected chi connectivity index (χ3v) is 6.67. The van der Waals surface area contributed by atoms with Crippen molar-refractivity contribution in [2.45, 2.75) is 33.2 Å². The van der Waals surface area contributed by atoms with Crippen LogP contribution in [0.1, 0.15) is 25.1 Å². The van der Waals surface area contributed by atoms with Gasteiger partial charge >= 0.3 is 5.97 Å². The number of hydrogen-bond acceptors (Lipinski definition) is 8. The number of nitrogens with zero attached hydrogens (tertiary/aromatic N) is 3. The van der Waals surface area contributed by atoms with E-state index < -0.39 is 5.91 Å². The maximum atomic E-state index is 13.2. The zero-order valence-electron chi connectivity index (χ0n) is 18.2. The van der Waals surface area contributed by atoms with E-state index in [4.69, 9.17) is 4.74 Å². The van der Waals surface area contributed by atoms with Crippen LogP contribution in [0.4, 0.5) is 5.13 Å². The number of rotatable bonds is 8. The summed E-state index contributed by atoms with van der Waals surface area (Å²) in [6.45, 7) is 3.93. The van der Waals surface area contributed by atoms with Crippen LogP contribution in [-0.4, -0.2) is 33.0 Å². The van der Waals surface area contributed by atoms with Crippen molar-refractivity contribution in [1.82, 2.24) is 14.5 Å². The highest BCUT2D eigenvalue weighted by Crippen LogP contribution is 2.30. The molecule has 0 bridgehead atoms. The first-order valence-electron chi connectivity index (χ1n) is 10.4. The van der Waals surface area contributed by atoms with Gasteiger partial charge in [0.25, 0.3) is 5.56 Å². The standard InChI is InChI=1S/C23H22N4O4S2/c1-3-14-5-7-15(8-6-14)17-12-32-21-20(17)22(30)27(13-24-21)10-18(28)26-23-25-16(11-33-23)9-19(29)31-4-2/h5-8,11-13H,3-4,9-10H2,1-2H3,(H,25,26,28). The minimum atomic E-state index is -0.403. The number of benzene rings is 1. The van der Waals surface area contributed by atoms with Crippen LogP contribution in [0.15, 0.2) is 46.1 Å². The van der Waals surface area contributed by atoms with Crippen molar-refractivity contribution in [3.05, 3.63) is 63.0 Å². The third kappa shape index (κ3) is 5.18. The number of hydrogen-bond donors (Lipinski definition) is 1. The fourth-order valence-electron chi connectivity index (χ4n) is 3.33. The quantitative estimate of drug-likeness (QED) is 0.382. The van der Waals surface area contributed by atoms with E-state index in [1.807, 2.05) is 29.6 Å². The van der Waals surface area contributed by atoms with E-state index in [0.29, 0.717) is 27.6 Å². The topological polar surface area (TPSA) is 103 Å². The molecule has 1 N–H and O–H groups in total. The molecule has 0 unspecified atom stereocenters. The Bertz CT molecular complexity index is 1360. The van der Waals surface area contributed by atoms with Crippen LogP contribution >= 0.6 is 22.7 Å². The summed E-state index contributed by atoms with van der Waals surface area (Å²) in [6, 6.07) is 8.09. The van der Waals surface area contributed by atoms with E-state index in [0.717, 1.165) is 17.5 Å². The highest BCUT2D eigenvalue weighted by Gasteiger charge is 2.16. The second-order valence-corrected chi connectivity index (χ2v) is 8.95. The van der Waals surface area contributed by atoms with Gasteiger partial charge in [-0.2, -0.15) is 0 Å². The Labute approximate surface area is 197 Å². The molecule has 4 aromatic rings. The molecule has 0 radical (unpaired) electrons. The zero-order valence-corrected chi connectivity index (χ0v) is 19.8.